The Morgan fingerprint density at radius 1 is 1.09 bits per heavy atom. The second-order valence-corrected chi connectivity index (χ2v) is 10.3. The summed E-state index contributed by atoms with van der Waals surface area (Å²) in [5.41, 5.74) is 4.81. The Labute approximate surface area is 211 Å². The van der Waals surface area contributed by atoms with Crippen molar-refractivity contribution in [3.8, 4) is 16.9 Å². The largest absolute Gasteiger partial charge is 0.297 e. The van der Waals surface area contributed by atoms with Gasteiger partial charge in [-0.15, -0.1) is 11.3 Å². The van der Waals surface area contributed by atoms with Gasteiger partial charge in [-0.2, -0.15) is 5.10 Å². The van der Waals surface area contributed by atoms with Crippen LogP contribution in [0, 0.1) is 12.8 Å². The van der Waals surface area contributed by atoms with Gasteiger partial charge in [-0.05, 0) is 44.4 Å². The topological polar surface area (TPSA) is 56.6 Å². The lowest BCUT2D eigenvalue weighted by atomic mass is 10.1. The zero-order chi connectivity index (χ0) is 24.4. The molecule has 2 heterocycles. The van der Waals surface area contributed by atoms with Crippen molar-refractivity contribution in [1.29, 1.82) is 0 Å². The Morgan fingerprint density at radius 2 is 1.76 bits per heavy atom. The van der Waals surface area contributed by atoms with Crippen LogP contribution in [0.2, 0.25) is 0 Å². The molecule has 4 rings (SSSR count). The van der Waals surface area contributed by atoms with Crippen molar-refractivity contribution in [3.63, 3.8) is 0 Å². The highest BCUT2D eigenvalue weighted by molar-refractivity contribution is 9.10. The third kappa shape index (κ3) is 4.79. The number of thiazole rings is 1. The highest BCUT2D eigenvalue weighted by Gasteiger charge is 2.17. The van der Waals surface area contributed by atoms with Gasteiger partial charge in [-0.3, -0.25) is 9.48 Å². The first-order chi connectivity index (χ1) is 16.3. The lowest BCUT2D eigenvalue weighted by Gasteiger charge is -2.08. The summed E-state index contributed by atoms with van der Waals surface area (Å²) >= 11 is 5.14. The van der Waals surface area contributed by atoms with E-state index >= 15 is 0 Å². The van der Waals surface area contributed by atoms with Crippen LogP contribution in [0.5, 0.6) is 0 Å². The summed E-state index contributed by atoms with van der Waals surface area (Å²) in [5.74, 6) is 0.490. The minimum absolute atomic E-state index is 0.156. The van der Waals surface area contributed by atoms with E-state index in [2.05, 4.69) is 35.8 Å². The SMILES string of the molecule is CC(CC(C)C)=Nn1c(-c2ccccc2Br)csc1=Nc1c(C)n(C)n(-c2ccccc2)c1=O. The fraction of sp³-hybridized carbons (Fsp3) is 0.269. The lowest BCUT2D eigenvalue weighted by Crippen LogP contribution is -2.20. The lowest BCUT2D eigenvalue weighted by molar-refractivity contribution is 0.630. The Balaban J connectivity index is 1.95. The van der Waals surface area contributed by atoms with Gasteiger partial charge in [0.25, 0.3) is 5.56 Å². The van der Waals surface area contributed by atoms with E-state index in [1.165, 1.54) is 11.3 Å². The molecule has 0 unspecified atom stereocenters. The van der Waals surface area contributed by atoms with E-state index in [9.17, 15) is 4.79 Å². The predicted octanol–water partition coefficient (Wildman–Crippen LogP) is 6.28. The molecule has 4 aromatic rings. The molecule has 0 atom stereocenters. The molecule has 34 heavy (non-hydrogen) atoms. The Bertz CT molecular complexity index is 1470. The van der Waals surface area contributed by atoms with Gasteiger partial charge in [0, 0.05) is 28.2 Å². The highest BCUT2D eigenvalue weighted by atomic mass is 79.9. The molecule has 0 fully saturated rings. The maximum Gasteiger partial charge on any atom is 0.297 e. The van der Waals surface area contributed by atoms with Gasteiger partial charge in [0.15, 0.2) is 5.69 Å². The van der Waals surface area contributed by atoms with E-state index in [0.29, 0.717) is 16.4 Å². The van der Waals surface area contributed by atoms with Gasteiger partial charge in [0.2, 0.25) is 4.80 Å². The number of benzene rings is 2. The summed E-state index contributed by atoms with van der Waals surface area (Å²) in [7, 11) is 1.88. The minimum Gasteiger partial charge on any atom is -0.283 e. The van der Waals surface area contributed by atoms with Crippen LogP contribution in [-0.2, 0) is 7.05 Å². The fourth-order valence-electron chi connectivity index (χ4n) is 3.91. The molecule has 0 spiro atoms. The molecule has 0 aliphatic heterocycles. The van der Waals surface area contributed by atoms with Crippen molar-refractivity contribution in [2.45, 2.75) is 34.1 Å². The number of rotatable bonds is 6. The van der Waals surface area contributed by atoms with Crippen LogP contribution in [0.3, 0.4) is 0 Å². The molecular weight excluding hydrogens is 510 g/mol. The van der Waals surface area contributed by atoms with Gasteiger partial charge < -0.3 is 0 Å². The monoisotopic (exact) mass is 537 g/mol. The summed E-state index contributed by atoms with van der Waals surface area (Å²) in [6.07, 6.45) is 0.878. The van der Waals surface area contributed by atoms with Crippen LogP contribution in [0.25, 0.3) is 16.9 Å². The number of aromatic nitrogens is 3. The third-order valence-electron chi connectivity index (χ3n) is 5.54. The summed E-state index contributed by atoms with van der Waals surface area (Å²) in [6, 6.07) is 17.7. The first-order valence-corrected chi connectivity index (χ1v) is 12.8. The first kappa shape index (κ1) is 24.2. The van der Waals surface area contributed by atoms with Gasteiger partial charge >= 0.3 is 0 Å². The summed E-state index contributed by atoms with van der Waals surface area (Å²) < 4.78 is 6.33. The molecule has 6 nitrogen and oxygen atoms in total. The molecule has 176 valence electrons. The molecular formula is C26H28BrN5OS. The van der Waals surface area contributed by atoms with Crippen LogP contribution >= 0.6 is 27.3 Å². The molecule has 0 aliphatic rings. The standard InChI is InChI=1S/C26H28BrN5OS/c1-17(2)15-18(3)29-31-23(21-13-9-10-14-22(21)27)16-34-26(31)28-24-19(4)30(5)32(25(24)33)20-11-7-6-8-12-20/h6-14,16-17H,15H2,1-5H3. The predicted molar refractivity (Wildman–Crippen MR) is 144 cm³/mol. The van der Waals surface area contributed by atoms with Crippen LogP contribution in [0.4, 0.5) is 5.69 Å². The molecule has 2 aromatic carbocycles. The smallest absolute Gasteiger partial charge is 0.283 e. The second kappa shape index (κ2) is 10.1. The molecule has 8 heteroatoms. The summed E-state index contributed by atoms with van der Waals surface area (Å²) in [4.78, 5) is 18.9. The second-order valence-electron chi connectivity index (χ2n) is 8.65. The summed E-state index contributed by atoms with van der Waals surface area (Å²) in [5, 5.41) is 6.97. The third-order valence-corrected chi connectivity index (χ3v) is 7.05. The minimum atomic E-state index is -0.156. The quantitative estimate of drug-likeness (QED) is 0.267. The number of para-hydroxylation sites is 1. The number of hydrogen-bond acceptors (Lipinski definition) is 4. The van der Waals surface area contributed by atoms with Crippen molar-refractivity contribution >= 4 is 38.7 Å². The van der Waals surface area contributed by atoms with E-state index < -0.39 is 0 Å². The molecule has 0 amide bonds. The van der Waals surface area contributed by atoms with E-state index in [4.69, 9.17) is 10.1 Å². The Hall–Kier alpha value is -2.97. The molecule has 0 saturated heterocycles. The molecule has 0 saturated carbocycles. The van der Waals surface area contributed by atoms with Gasteiger partial charge in [0.05, 0.1) is 17.1 Å². The number of hydrogen-bond donors (Lipinski definition) is 0. The van der Waals surface area contributed by atoms with Crippen LogP contribution < -0.4 is 10.4 Å². The fourth-order valence-corrected chi connectivity index (χ4v) is 5.22. The van der Waals surface area contributed by atoms with Crippen LogP contribution in [0.1, 0.15) is 32.9 Å². The molecule has 0 N–H and O–H groups in total. The van der Waals surface area contributed by atoms with E-state index in [1.54, 1.807) is 4.68 Å². The zero-order valence-corrected chi connectivity index (χ0v) is 22.4. The first-order valence-electron chi connectivity index (χ1n) is 11.2. The van der Waals surface area contributed by atoms with Gasteiger partial charge in [-0.25, -0.2) is 14.4 Å². The van der Waals surface area contributed by atoms with Crippen LogP contribution in [-0.4, -0.2) is 19.8 Å². The van der Waals surface area contributed by atoms with Crippen molar-refractivity contribution < 1.29 is 0 Å². The van der Waals surface area contributed by atoms with E-state index in [1.807, 2.05) is 84.2 Å². The molecule has 0 radical (unpaired) electrons. The van der Waals surface area contributed by atoms with Crippen molar-refractivity contribution in [3.05, 3.63) is 85.3 Å². The molecule has 0 aliphatic carbocycles. The molecule has 2 aromatic heterocycles. The van der Waals surface area contributed by atoms with Crippen molar-refractivity contribution in [2.75, 3.05) is 0 Å². The van der Waals surface area contributed by atoms with Gasteiger partial charge in [-0.1, -0.05) is 66.2 Å². The van der Waals surface area contributed by atoms with Crippen molar-refractivity contribution in [1.82, 2.24) is 14.0 Å². The van der Waals surface area contributed by atoms with Crippen molar-refractivity contribution in [2.24, 2.45) is 23.1 Å². The maximum absolute atomic E-state index is 13.4. The molecule has 0 bridgehead atoms. The normalized spacial score (nSPS) is 12.7. The highest BCUT2D eigenvalue weighted by Crippen LogP contribution is 2.29. The van der Waals surface area contributed by atoms with E-state index in [-0.39, 0.29) is 5.56 Å². The zero-order valence-electron chi connectivity index (χ0n) is 20.0. The number of halogens is 1. The Morgan fingerprint density at radius 3 is 2.44 bits per heavy atom. The number of nitrogens with zero attached hydrogens (tertiary/aromatic N) is 5. The maximum atomic E-state index is 13.4. The average molecular weight is 539 g/mol. The summed E-state index contributed by atoms with van der Waals surface area (Å²) in [6.45, 7) is 8.31. The Kier molecular flexibility index (Phi) is 7.19. The van der Waals surface area contributed by atoms with Crippen LogP contribution in [0.15, 0.2) is 79.3 Å². The average Bonchev–Trinajstić information content (AvgIpc) is 3.27. The van der Waals surface area contributed by atoms with Gasteiger partial charge in [0.1, 0.15) is 0 Å². The van der Waals surface area contributed by atoms with E-state index in [0.717, 1.165) is 39.2 Å².